The number of nitrogens with one attached hydrogen (secondary N) is 1. The van der Waals surface area contributed by atoms with E-state index in [1.807, 2.05) is 13.0 Å². The second kappa shape index (κ2) is 5.02. The Morgan fingerprint density at radius 2 is 2.30 bits per heavy atom. The molecule has 0 radical (unpaired) electrons. The first-order valence-corrected chi connectivity index (χ1v) is 7.11. The Labute approximate surface area is 119 Å². The molecule has 2 heterocycles. The molecule has 2 aromatic rings. The summed E-state index contributed by atoms with van der Waals surface area (Å²) >= 11 is 0. The molecular weight excluding hydrogens is 250 g/mol. The number of nitrogens with zero attached hydrogens (tertiary/aromatic N) is 2. The fraction of sp³-hybridized carbons (Fsp3) is 0.500. The van der Waals surface area contributed by atoms with Gasteiger partial charge < -0.3 is 9.73 Å². The third-order valence-electron chi connectivity index (χ3n) is 3.91. The van der Waals surface area contributed by atoms with E-state index >= 15 is 0 Å². The van der Waals surface area contributed by atoms with Gasteiger partial charge in [-0.25, -0.2) is 9.97 Å². The number of aryl methyl sites for hydroxylation is 1. The largest absolute Gasteiger partial charge is 0.466 e. The number of rotatable bonds is 3. The van der Waals surface area contributed by atoms with Crippen molar-refractivity contribution in [3.05, 3.63) is 47.4 Å². The van der Waals surface area contributed by atoms with Crippen molar-refractivity contribution < 1.29 is 4.42 Å². The van der Waals surface area contributed by atoms with Crippen molar-refractivity contribution in [1.82, 2.24) is 15.3 Å². The van der Waals surface area contributed by atoms with Gasteiger partial charge in [0.15, 0.2) is 0 Å². The minimum absolute atomic E-state index is 0.265. The number of furan rings is 1. The molecule has 0 amide bonds. The van der Waals surface area contributed by atoms with Crippen LogP contribution in [0.25, 0.3) is 0 Å². The van der Waals surface area contributed by atoms with E-state index in [4.69, 9.17) is 4.42 Å². The molecule has 1 atom stereocenters. The van der Waals surface area contributed by atoms with Crippen LogP contribution in [-0.4, -0.2) is 9.97 Å². The second-order valence-electron chi connectivity index (χ2n) is 6.41. The Balaban J connectivity index is 1.78. The normalized spacial score (nSPS) is 20.6. The quantitative estimate of drug-likeness (QED) is 0.931. The average molecular weight is 271 g/mol. The molecule has 1 unspecified atom stereocenters. The molecule has 0 saturated carbocycles. The second-order valence-corrected chi connectivity index (χ2v) is 6.41. The van der Waals surface area contributed by atoms with Crippen LogP contribution in [0.15, 0.2) is 29.1 Å². The van der Waals surface area contributed by atoms with Crippen LogP contribution in [-0.2, 0) is 13.0 Å². The van der Waals surface area contributed by atoms with E-state index in [0.717, 1.165) is 36.6 Å². The van der Waals surface area contributed by atoms with Crippen LogP contribution < -0.4 is 5.32 Å². The van der Waals surface area contributed by atoms with Gasteiger partial charge in [0.05, 0.1) is 5.69 Å². The highest BCUT2D eigenvalue weighted by Gasteiger charge is 2.34. The highest BCUT2D eigenvalue weighted by molar-refractivity contribution is 5.29. The predicted molar refractivity (Wildman–Crippen MR) is 77.2 cm³/mol. The van der Waals surface area contributed by atoms with Crippen LogP contribution >= 0.6 is 0 Å². The lowest BCUT2D eigenvalue weighted by Crippen LogP contribution is -2.32. The Hall–Kier alpha value is -1.68. The molecular formula is C16H21N3O. The molecule has 4 nitrogen and oxygen atoms in total. The summed E-state index contributed by atoms with van der Waals surface area (Å²) < 4.78 is 5.86. The summed E-state index contributed by atoms with van der Waals surface area (Å²) in [5, 5.41) is 3.61. The minimum atomic E-state index is 0.265. The summed E-state index contributed by atoms with van der Waals surface area (Å²) in [6.45, 7) is 7.38. The molecule has 106 valence electrons. The molecule has 0 aromatic carbocycles. The van der Waals surface area contributed by atoms with E-state index in [1.54, 1.807) is 12.5 Å². The Morgan fingerprint density at radius 1 is 1.45 bits per heavy atom. The fourth-order valence-electron chi connectivity index (χ4n) is 3.02. The van der Waals surface area contributed by atoms with Gasteiger partial charge in [-0.05, 0) is 30.9 Å². The van der Waals surface area contributed by atoms with Gasteiger partial charge in [0, 0.05) is 30.8 Å². The van der Waals surface area contributed by atoms with Crippen molar-refractivity contribution in [3.63, 3.8) is 0 Å². The van der Waals surface area contributed by atoms with E-state index in [9.17, 15) is 0 Å². The van der Waals surface area contributed by atoms with Gasteiger partial charge in [-0.1, -0.05) is 13.8 Å². The summed E-state index contributed by atoms with van der Waals surface area (Å²) in [5.74, 6) is 2.14. The van der Waals surface area contributed by atoms with E-state index in [-0.39, 0.29) is 5.41 Å². The molecule has 0 aliphatic heterocycles. The Morgan fingerprint density at radius 3 is 3.05 bits per heavy atom. The van der Waals surface area contributed by atoms with Crippen LogP contribution in [0.2, 0.25) is 0 Å². The van der Waals surface area contributed by atoms with E-state index in [2.05, 4.69) is 35.2 Å². The van der Waals surface area contributed by atoms with Gasteiger partial charge in [-0.15, -0.1) is 0 Å². The number of hydrogen-bond acceptors (Lipinski definition) is 4. The molecule has 1 N–H and O–H groups in total. The van der Waals surface area contributed by atoms with Crippen LogP contribution in [0.1, 0.15) is 49.1 Å². The van der Waals surface area contributed by atoms with Crippen molar-refractivity contribution >= 4 is 0 Å². The first kappa shape index (κ1) is 13.3. The molecule has 0 bridgehead atoms. The van der Waals surface area contributed by atoms with E-state index in [1.165, 1.54) is 5.56 Å². The van der Waals surface area contributed by atoms with Crippen molar-refractivity contribution in [3.8, 4) is 0 Å². The number of hydrogen-bond donors (Lipinski definition) is 1. The number of fused-ring (bicyclic) bond motifs is 1. The van der Waals surface area contributed by atoms with Gasteiger partial charge in [-0.3, -0.25) is 0 Å². The summed E-state index contributed by atoms with van der Waals surface area (Å²) in [4.78, 5) is 8.21. The molecule has 1 aliphatic carbocycles. The standard InChI is InChI=1S/C16H21N3O/c1-11-6-13-14(7-16(2,3)8-15(13)20-11)18-9-12-4-5-17-10-19-12/h4-6,10,14,18H,7-9H2,1-3H3. The molecule has 20 heavy (non-hydrogen) atoms. The molecule has 0 fully saturated rings. The first-order valence-electron chi connectivity index (χ1n) is 7.11. The Kier molecular flexibility index (Phi) is 3.34. The molecule has 0 saturated heterocycles. The van der Waals surface area contributed by atoms with Crippen LogP contribution in [0.4, 0.5) is 0 Å². The van der Waals surface area contributed by atoms with Crippen molar-refractivity contribution in [2.45, 2.75) is 46.2 Å². The molecule has 2 aromatic heterocycles. The van der Waals surface area contributed by atoms with Crippen LogP contribution in [0.3, 0.4) is 0 Å². The van der Waals surface area contributed by atoms with Gasteiger partial charge >= 0.3 is 0 Å². The Bertz CT molecular complexity index is 589. The van der Waals surface area contributed by atoms with Crippen molar-refractivity contribution in [2.24, 2.45) is 5.41 Å². The minimum Gasteiger partial charge on any atom is -0.466 e. The zero-order valence-electron chi connectivity index (χ0n) is 12.3. The SMILES string of the molecule is Cc1cc2c(o1)CC(C)(C)CC2NCc1ccncn1. The van der Waals surface area contributed by atoms with Gasteiger partial charge in [-0.2, -0.15) is 0 Å². The third kappa shape index (κ3) is 2.75. The molecule has 1 aliphatic rings. The average Bonchev–Trinajstić information content (AvgIpc) is 2.76. The predicted octanol–water partition coefficient (Wildman–Crippen LogP) is 3.18. The third-order valence-corrected chi connectivity index (χ3v) is 3.91. The van der Waals surface area contributed by atoms with E-state index < -0.39 is 0 Å². The van der Waals surface area contributed by atoms with Crippen LogP contribution in [0.5, 0.6) is 0 Å². The summed E-state index contributed by atoms with van der Waals surface area (Å²) in [7, 11) is 0. The lowest BCUT2D eigenvalue weighted by atomic mass is 9.74. The maximum atomic E-state index is 5.86. The topological polar surface area (TPSA) is 51.0 Å². The maximum Gasteiger partial charge on any atom is 0.115 e. The fourth-order valence-corrected chi connectivity index (χ4v) is 3.02. The van der Waals surface area contributed by atoms with Gasteiger partial charge in [0.1, 0.15) is 17.8 Å². The lowest BCUT2D eigenvalue weighted by Gasteiger charge is -2.34. The van der Waals surface area contributed by atoms with Gasteiger partial charge in [0.2, 0.25) is 0 Å². The maximum absolute atomic E-state index is 5.86. The lowest BCUT2D eigenvalue weighted by molar-refractivity contribution is 0.233. The van der Waals surface area contributed by atoms with Crippen LogP contribution in [0, 0.1) is 12.3 Å². The smallest absolute Gasteiger partial charge is 0.115 e. The summed E-state index contributed by atoms with van der Waals surface area (Å²) in [6.07, 6.45) is 5.50. The summed E-state index contributed by atoms with van der Waals surface area (Å²) in [5.41, 5.74) is 2.60. The highest BCUT2D eigenvalue weighted by Crippen LogP contribution is 2.42. The summed E-state index contributed by atoms with van der Waals surface area (Å²) in [6, 6.07) is 4.45. The molecule has 4 heteroatoms. The monoisotopic (exact) mass is 271 g/mol. The van der Waals surface area contributed by atoms with Crippen molar-refractivity contribution in [2.75, 3.05) is 0 Å². The first-order chi connectivity index (χ1) is 9.53. The number of aromatic nitrogens is 2. The van der Waals surface area contributed by atoms with E-state index in [0.29, 0.717) is 6.04 Å². The zero-order chi connectivity index (χ0) is 14.2. The van der Waals surface area contributed by atoms with Gasteiger partial charge in [0.25, 0.3) is 0 Å². The zero-order valence-corrected chi connectivity index (χ0v) is 12.3. The highest BCUT2D eigenvalue weighted by atomic mass is 16.3. The molecule has 3 rings (SSSR count). The van der Waals surface area contributed by atoms with Crippen molar-refractivity contribution in [1.29, 1.82) is 0 Å². The molecule has 0 spiro atoms.